The van der Waals surface area contributed by atoms with E-state index in [-0.39, 0.29) is 46.2 Å². The lowest BCUT2D eigenvalue weighted by Gasteiger charge is -2.60. The number of aliphatic carboxylic acids is 1. The number of rotatable bonds is 5. The largest absolute Gasteiger partial charge is 0.481 e. The first-order valence-electron chi connectivity index (χ1n) is 11.0. The van der Waals surface area contributed by atoms with E-state index in [1.807, 2.05) is 6.92 Å². The third kappa shape index (κ3) is 3.11. The summed E-state index contributed by atoms with van der Waals surface area (Å²) in [6.45, 7) is 4.13. The molecule has 4 aliphatic carbocycles. The van der Waals surface area contributed by atoms with Crippen LogP contribution in [0.4, 0.5) is 0 Å². The van der Waals surface area contributed by atoms with Crippen molar-refractivity contribution in [2.24, 2.45) is 28.6 Å². The highest BCUT2D eigenvalue weighted by molar-refractivity contribution is 8.00. The molecule has 0 spiro atoms. The lowest BCUT2D eigenvalue weighted by atomic mass is 9.45. The predicted octanol–water partition coefficient (Wildman–Crippen LogP) is 2.61. The highest BCUT2D eigenvalue weighted by Gasteiger charge is 2.68. The summed E-state index contributed by atoms with van der Waals surface area (Å²) < 4.78 is 0. The number of carboxylic acids is 1. The van der Waals surface area contributed by atoms with Crippen molar-refractivity contribution >= 4 is 29.3 Å². The average molecular weight is 437 g/mol. The number of fused-ring (bicyclic) bond motifs is 5. The number of aliphatic hydroxyl groups is 2. The standard InChI is InChI=1S/C23H32O6S/c1-21-7-5-14(24)9-13(21)3-4-15-16-6-8-23(29,18(26)11-30-12-19(27)28)22(16,2)10-17(25)20(15)21/h9,15-17,20,25,29H,3-8,10-12H2,1-2H3,(H,27,28)/t15-,16-,17-,20+,21-,22-,23-/m0/s1. The molecule has 0 aliphatic heterocycles. The Labute approximate surface area is 181 Å². The van der Waals surface area contributed by atoms with Crippen LogP contribution in [0.1, 0.15) is 58.8 Å². The first kappa shape index (κ1) is 22.0. The molecule has 0 radical (unpaired) electrons. The van der Waals surface area contributed by atoms with Crippen molar-refractivity contribution < 1.29 is 29.7 Å². The zero-order valence-electron chi connectivity index (χ0n) is 17.7. The molecule has 166 valence electrons. The molecule has 4 aliphatic rings. The van der Waals surface area contributed by atoms with E-state index in [9.17, 15) is 24.6 Å². The Morgan fingerprint density at radius 2 is 1.90 bits per heavy atom. The van der Waals surface area contributed by atoms with Gasteiger partial charge in [0.05, 0.1) is 17.6 Å². The molecule has 0 heterocycles. The highest BCUT2D eigenvalue weighted by Crippen LogP contribution is 2.67. The van der Waals surface area contributed by atoms with Gasteiger partial charge in [-0.05, 0) is 67.8 Å². The second-order valence-electron chi connectivity index (χ2n) is 10.3. The zero-order chi connectivity index (χ0) is 21.9. The molecule has 0 amide bonds. The van der Waals surface area contributed by atoms with Crippen molar-refractivity contribution in [1.82, 2.24) is 0 Å². The number of carboxylic acid groups (broad SMARTS) is 1. The van der Waals surface area contributed by atoms with E-state index in [1.165, 1.54) is 0 Å². The van der Waals surface area contributed by atoms with Gasteiger partial charge in [-0.15, -0.1) is 11.8 Å². The Hall–Kier alpha value is -1.18. The molecule has 0 aromatic rings. The molecule has 0 bridgehead atoms. The van der Waals surface area contributed by atoms with Crippen LogP contribution >= 0.6 is 11.8 Å². The van der Waals surface area contributed by atoms with E-state index < -0.39 is 23.1 Å². The van der Waals surface area contributed by atoms with Gasteiger partial charge in [0.2, 0.25) is 0 Å². The van der Waals surface area contributed by atoms with Crippen LogP contribution in [-0.2, 0) is 14.4 Å². The fraction of sp³-hybridized carbons (Fsp3) is 0.783. The van der Waals surface area contributed by atoms with Crippen LogP contribution in [0.5, 0.6) is 0 Å². The van der Waals surface area contributed by atoms with Gasteiger partial charge in [-0.3, -0.25) is 14.4 Å². The topological polar surface area (TPSA) is 112 Å². The summed E-state index contributed by atoms with van der Waals surface area (Å²) in [5, 5.41) is 31.7. The van der Waals surface area contributed by atoms with Crippen LogP contribution in [0.15, 0.2) is 11.6 Å². The second-order valence-corrected chi connectivity index (χ2v) is 11.3. The average Bonchev–Trinajstić information content (AvgIpc) is 2.93. The van der Waals surface area contributed by atoms with E-state index in [0.717, 1.165) is 43.0 Å². The Balaban J connectivity index is 1.61. The minimum Gasteiger partial charge on any atom is -0.481 e. The van der Waals surface area contributed by atoms with Crippen LogP contribution in [0.2, 0.25) is 0 Å². The molecule has 3 fully saturated rings. The lowest BCUT2D eigenvalue weighted by molar-refractivity contribution is -0.178. The van der Waals surface area contributed by atoms with Gasteiger partial charge in [0.15, 0.2) is 11.6 Å². The molecule has 6 nitrogen and oxygen atoms in total. The summed E-state index contributed by atoms with van der Waals surface area (Å²) in [5.74, 6) is -0.906. The summed E-state index contributed by atoms with van der Waals surface area (Å²) in [4.78, 5) is 35.8. The van der Waals surface area contributed by atoms with Crippen molar-refractivity contribution in [3.8, 4) is 0 Å². The van der Waals surface area contributed by atoms with Crippen LogP contribution < -0.4 is 0 Å². The molecule has 30 heavy (non-hydrogen) atoms. The smallest absolute Gasteiger partial charge is 0.313 e. The van der Waals surface area contributed by atoms with Gasteiger partial charge in [-0.2, -0.15) is 0 Å². The molecular weight excluding hydrogens is 404 g/mol. The molecule has 0 unspecified atom stereocenters. The summed E-state index contributed by atoms with van der Waals surface area (Å²) >= 11 is 1.02. The van der Waals surface area contributed by atoms with Gasteiger partial charge >= 0.3 is 5.97 Å². The second kappa shape index (κ2) is 7.45. The molecule has 3 N–H and O–H groups in total. The maximum Gasteiger partial charge on any atom is 0.313 e. The number of ketones is 2. The third-order valence-electron chi connectivity index (χ3n) is 8.97. The van der Waals surface area contributed by atoms with Gasteiger partial charge in [0, 0.05) is 11.8 Å². The minimum absolute atomic E-state index is 0.0258. The third-order valence-corrected chi connectivity index (χ3v) is 9.89. The van der Waals surface area contributed by atoms with Crippen LogP contribution in [-0.4, -0.2) is 56.1 Å². The fourth-order valence-corrected chi connectivity index (χ4v) is 8.20. The molecule has 7 heteroatoms. The maximum atomic E-state index is 13.0. The summed E-state index contributed by atoms with van der Waals surface area (Å²) in [6.07, 6.45) is 5.62. The molecule has 7 atom stereocenters. The lowest BCUT2D eigenvalue weighted by Crippen LogP contribution is -2.62. The molecule has 0 aromatic carbocycles. The monoisotopic (exact) mass is 436 g/mol. The number of hydrogen-bond acceptors (Lipinski definition) is 6. The van der Waals surface area contributed by atoms with Gasteiger partial charge < -0.3 is 15.3 Å². The van der Waals surface area contributed by atoms with E-state index in [4.69, 9.17) is 5.11 Å². The van der Waals surface area contributed by atoms with Crippen molar-refractivity contribution in [3.05, 3.63) is 11.6 Å². The van der Waals surface area contributed by atoms with E-state index >= 15 is 0 Å². The van der Waals surface area contributed by atoms with Crippen molar-refractivity contribution in [3.63, 3.8) is 0 Å². The summed E-state index contributed by atoms with van der Waals surface area (Å²) in [6, 6.07) is 0. The van der Waals surface area contributed by atoms with Crippen molar-refractivity contribution in [1.29, 1.82) is 0 Å². The van der Waals surface area contributed by atoms with Gasteiger partial charge in [0.1, 0.15) is 5.60 Å². The number of thioether (sulfide) groups is 1. The summed E-state index contributed by atoms with van der Waals surface area (Å²) in [7, 11) is 0. The molecule has 0 saturated heterocycles. The number of carbonyl (C=O) groups excluding carboxylic acids is 2. The molecular formula is C23H32O6S. The predicted molar refractivity (Wildman–Crippen MR) is 113 cm³/mol. The SMILES string of the molecule is C[C@]12CCC(=O)C=C1CC[C@@H]1[C@@H]2[C@@H](O)C[C@@]2(C)[C@H]1CC[C@]2(O)C(=O)CSCC(=O)O. The van der Waals surface area contributed by atoms with Gasteiger partial charge in [-0.1, -0.05) is 19.4 Å². The quantitative estimate of drug-likeness (QED) is 0.607. The van der Waals surface area contributed by atoms with E-state index in [2.05, 4.69) is 6.92 Å². The van der Waals surface area contributed by atoms with Crippen molar-refractivity contribution in [2.45, 2.75) is 70.5 Å². The first-order chi connectivity index (χ1) is 14.0. The van der Waals surface area contributed by atoms with Crippen LogP contribution in [0, 0.1) is 28.6 Å². The number of hydrogen-bond donors (Lipinski definition) is 3. The number of carbonyl (C=O) groups is 3. The first-order valence-corrected chi connectivity index (χ1v) is 12.2. The van der Waals surface area contributed by atoms with Gasteiger partial charge in [-0.25, -0.2) is 0 Å². The van der Waals surface area contributed by atoms with E-state index in [0.29, 0.717) is 19.3 Å². The minimum atomic E-state index is -1.52. The summed E-state index contributed by atoms with van der Waals surface area (Å²) in [5.41, 5.74) is -1.26. The zero-order valence-corrected chi connectivity index (χ0v) is 18.5. The maximum absolute atomic E-state index is 13.0. The molecule has 0 aromatic heterocycles. The fourth-order valence-electron chi connectivity index (χ4n) is 7.50. The Morgan fingerprint density at radius 1 is 1.17 bits per heavy atom. The highest BCUT2D eigenvalue weighted by atomic mass is 32.2. The number of aliphatic hydroxyl groups excluding tert-OH is 1. The normalized spacial score (nSPS) is 45.2. The number of Topliss-reactive ketones (excluding diaryl/α,β-unsaturated/α-hetero) is 1. The Kier molecular flexibility index (Phi) is 5.47. The molecule has 3 saturated carbocycles. The molecule has 4 rings (SSSR count). The Morgan fingerprint density at radius 3 is 2.60 bits per heavy atom. The van der Waals surface area contributed by atoms with Gasteiger partial charge in [0.25, 0.3) is 0 Å². The van der Waals surface area contributed by atoms with Crippen LogP contribution in [0.25, 0.3) is 0 Å². The Bertz CT molecular complexity index is 808. The van der Waals surface area contributed by atoms with Crippen molar-refractivity contribution in [2.75, 3.05) is 11.5 Å². The number of allylic oxidation sites excluding steroid dienone is 1. The van der Waals surface area contributed by atoms with E-state index in [1.54, 1.807) is 6.08 Å². The van der Waals surface area contributed by atoms with Crippen LogP contribution in [0.3, 0.4) is 0 Å².